The van der Waals surface area contributed by atoms with Crippen molar-refractivity contribution in [3.63, 3.8) is 0 Å². The van der Waals surface area contributed by atoms with Gasteiger partial charge in [0.2, 0.25) is 0 Å². The second kappa shape index (κ2) is 5.82. The molecule has 2 aromatic rings. The zero-order valence-corrected chi connectivity index (χ0v) is 10.0. The number of ether oxygens (including phenoxy) is 1. The predicted molar refractivity (Wildman–Crippen MR) is 68.3 cm³/mol. The molecule has 0 aliphatic heterocycles. The molecular weight excluding hydrogens is 228 g/mol. The molecule has 18 heavy (non-hydrogen) atoms. The molecule has 0 radical (unpaired) electrons. The molecule has 2 rings (SSSR count). The minimum atomic E-state index is -0.474. The minimum Gasteiger partial charge on any atom is -0.410 e. The van der Waals surface area contributed by atoms with E-state index >= 15 is 0 Å². The quantitative estimate of drug-likeness (QED) is 0.900. The number of aromatic nitrogens is 1. The Morgan fingerprint density at radius 3 is 2.67 bits per heavy atom. The van der Waals surface area contributed by atoms with Crippen LogP contribution in [-0.4, -0.2) is 11.1 Å². The van der Waals surface area contributed by atoms with Gasteiger partial charge in [-0.15, -0.1) is 0 Å². The lowest BCUT2D eigenvalue weighted by atomic mass is 10.1. The van der Waals surface area contributed by atoms with E-state index in [4.69, 9.17) is 4.74 Å². The van der Waals surface area contributed by atoms with Crippen LogP contribution >= 0.6 is 0 Å². The summed E-state index contributed by atoms with van der Waals surface area (Å²) in [7, 11) is 0. The van der Waals surface area contributed by atoms with Crippen molar-refractivity contribution in [1.82, 2.24) is 10.3 Å². The Kier molecular flexibility index (Phi) is 3.91. The van der Waals surface area contributed by atoms with Crippen LogP contribution in [0, 0.1) is 0 Å². The van der Waals surface area contributed by atoms with Crippen LogP contribution in [0.4, 0.5) is 4.79 Å². The van der Waals surface area contributed by atoms with Crippen LogP contribution in [0.3, 0.4) is 0 Å². The van der Waals surface area contributed by atoms with Crippen LogP contribution in [-0.2, 0) is 0 Å². The van der Waals surface area contributed by atoms with E-state index in [1.54, 1.807) is 24.5 Å². The van der Waals surface area contributed by atoms with Crippen molar-refractivity contribution in [2.24, 2.45) is 0 Å². The van der Waals surface area contributed by atoms with Crippen LogP contribution < -0.4 is 10.1 Å². The Labute approximate surface area is 106 Å². The molecule has 1 atom stereocenters. The third kappa shape index (κ3) is 3.31. The van der Waals surface area contributed by atoms with Crippen LogP contribution in [0.2, 0.25) is 0 Å². The molecule has 1 amide bonds. The van der Waals surface area contributed by atoms with Gasteiger partial charge in [-0.3, -0.25) is 4.98 Å². The second-order valence-electron chi connectivity index (χ2n) is 3.85. The fourth-order valence-corrected chi connectivity index (χ4v) is 1.52. The number of hydrogen-bond donors (Lipinski definition) is 1. The normalized spacial score (nSPS) is 11.6. The lowest BCUT2D eigenvalue weighted by Gasteiger charge is -2.13. The molecule has 0 aliphatic carbocycles. The molecule has 0 fully saturated rings. The number of carbonyl (C=O) groups is 1. The van der Waals surface area contributed by atoms with Gasteiger partial charge in [0.05, 0.1) is 6.04 Å². The maximum Gasteiger partial charge on any atom is 0.413 e. The zero-order chi connectivity index (χ0) is 12.8. The Hall–Kier alpha value is -2.36. The van der Waals surface area contributed by atoms with Crippen molar-refractivity contribution in [1.29, 1.82) is 0 Å². The highest BCUT2D eigenvalue weighted by molar-refractivity contribution is 5.70. The summed E-state index contributed by atoms with van der Waals surface area (Å²) in [6, 6.07) is 12.5. The van der Waals surface area contributed by atoms with E-state index in [2.05, 4.69) is 10.3 Å². The number of amides is 1. The summed E-state index contributed by atoms with van der Waals surface area (Å²) in [5.41, 5.74) is 0.933. The molecule has 0 spiro atoms. The first-order valence-corrected chi connectivity index (χ1v) is 5.69. The molecule has 1 aromatic carbocycles. The number of nitrogens with one attached hydrogen (secondary N) is 1. The molecule has 92 valence electrons. The average molecular weight is 242 g/mol. The van der Waals surface area contributed by atoms with Crippen molar-refractivity contribution in [2.45, 2.75) is 13.0 Å². The topological polar surface area (TPSA) is 51.2 Å². The van der Waals surface area contributed by atoms with Gasteiger partial charge in [0.15, 0.2) is 0 Å². The highest BCUT2D eigenvalue weighted by Crippen LogP contribution is 2.12. The largest absolute Gasteiger partial charge is 0.413 e. The van der Waals surface area contributed by atoms with E-state index in [-0.39, 0.29) is 6.04 Å². The van der Waals surface area contributed by atoms with E-state index in [1.165, 1.54) is 0 Å². The van der Waals surface area contributed by atoms with E-state index in [0.29, 0.717) is 5.75 Å². The third-order valence-electron chi connectivity index (χ3n) is 2.47. The van der Waals surface area contributed by atoms with Crippen molar-refractivity contribution >= 4 is 6.09 Å². The molecule has 4 nitrogen and oxygen atoms in total. The fourth-order valence-electron chi connectivity index (χ4n) is 1.52. The summed E-state index contributed by atoms with van der Waals surface area (Å²) in [5, 5.41) is 2.74. The average Bonchev–Trinajstić information content (AvgIpc) is 2.40. The first kappa shape index (κ1) is 12.1. The molecular formula is C14H14N2O2. The first-order chi connectivity index (χ1) is 8.75. The van der Waals surface area contributed by atoms with Gasteiger partial charge in [0, 0.05) is 12.4 Å². The van der Waals surface area contributed by atoms with Gasteiger partial charge < -0.3 is 10.1 Å². The lowest BCUT2D eigenvalue weighted by molar-refractivity contribution is 0.197. The third-order valence-corrected chi connectivity index (χ3v) is 2.47. The van der Waals surface area contributed by atoms with Crippen LogP contribution in [0.1, 0.15) is 18.5 Å². The number of benzene rings is 1. The van der Waals surface area contributed by atoms with E-state index in [0.717, 1.165) is 5.56 Å². The summed E-state index contributed by atoms with van der Waals surface area (Å²) < 4.78 is 5.14. The number of pyridine rings is 1. The smallest absolute Gasteiger partial charge is 0.410 e. The summed E-state index contributed by atoms with van der Waals surface area (Å²) in [5.74, 6) is 0.522. The van der Waals surface area contributed by atoms with Gasteiger partial charge >= 0.3 is 6.09 Å². The molecule has 0 aliphatic rings. The van der Waals surface area contributed by atoms with Crippen LogP contribution in [0.15, 0.2) is 54.9 Å². The van der Waals surface area contributed by atoms with Gasteiger partial charge in [-0.1, -0.05) is 24.3 Å². The lowest BCUT2D eigenvalue weighted by Crippen LogP contribution is -2.29. The summed E-state index contributed by atoms with van der Waals surface area (Å²) in [6.07, 6.45) is 2.93. The highest BCUT2D eigenvalue weighted by atomic mass is 16.6. The monoisotopic (exact) mass is 242 g/mol. The maximum absolute atomic E-state index is 11.6. The number of nitrogens with zero attached hydrogens (tertiary/aromatic N) is 1. The van der Waals surface area contributed by atoms with Gasteiger partial charge in [0.1, 0.15) is 5.75 Å². The summed E-state index contributed by atoms with van der Waals surface area (Å²) in [6.45, 7) is 1.88. The van der Waals surface area contributed by atoms with Crippen molar-refractivity contribution < 1.29 is 9.53 Å². The van der Waals surface area contributed by atoms with E-state index < -0.39 is 6.09 Å². The van der Waals surface area contributed by atoms with Crippen molar-refractivity contribution in [3.8, 4) is 5.75 Å². The SMILES string of the molecule is C[C@@H](NC(=O)Oc1ccccc1)c1cccnc1. The van der Waals surface area contributed by atoms with Crippen molar-refractivity contribution in [3.05, 3.63) is 60.4 Å². The van der Waals surface area contributed by atoms with Crippen LogP contribution in [0.25, 0.3) is 0 Å². The second-order valence-corrected chi connectivity index (χ2v) is 3.85. The Morgan fingerprint density at radius 1 is 1.22 bits per heavy atom. The molecule has 4 heteroatoms. The van der Waals surface area contributed by atoms with E-state index in [1.807, 2.05) is 37.3 Å². The number of hydrogen-bond acceptors (Lipinski definition) is 3. The zero-order valence-electron chi connectivity index (χ0n) is 10.0. The molecule has 0 bridgehead atoms. The number of rotatable bonds is 3. The number of para-hydroxylation sites is 1. The van der Waals surface area contributed by atoms with Gasteiger partial charge in [-0.05, 0) is 30.7 Å². The predicted octanol–water partition coefficient (Wildman–Crippen LogP) is 2.93. The molecule has 1 heterocycles. The Morgan fingerprint density at radius 2 is 2.00 bits per heavy atom. The van der Waals surface area contributed by atoms with Crippen LogP contribution in [0.5, 0.6) is 5.75 Å². The Bertz CT molecular complexity index is 500. The van der Waals surface area contributed by atoms with Gasteiger partial charge in [-0.2, -0.15) is 0 Å². The highest BCUT2D eigenvalue weighted by Gasteiger charge is 2.10. The van der Waals surface area contributed by atoms with Crippen molar-refractivity contribution in [2.75, 3.05) is 0 Å². The Balaban J connectivity index is 1.92. The standard InChI is InChI=1S/C14H14N2O2/c1-11(12-6-5-9-15-10-12)16-14(17)18-13-7-3-2-4-8-13/h2-11H,1H3,(H,16,17)/t11-/m1/s1. The summed E-state index contributed by atoms with van der Waals surface area (Å²) in [4.78, 5) is 15.6. The fraction of sp³-hybridized carbons (Fsp3) is 0.143. The maximum atomic E-state index is 11.6. The molecule has 0 unspecified atom stereocenters. The molecule has 0 saturated heterocycles. The van der Waals surface area contributed by atoms with Gasteiger partial charge in [0.25, 0.3) is 0 Å². The minimum absolute atomic E-state index is 0.144. The van der Waals surface area contributed by atoms with E-state index in [9.17, 15) is 4.79 Å². The number of carbonyl (C=O) groups excluding carboxylic acids is 1. The molecule has 1 aromatic heterocycles. The molecule has 1 N–H and O–H groups in total. The molecule has 0 saturated carbocycles. The first-order valence-electron chi connectivity index (χ1n) is 5.69. The van der Waals surface area contributed by atoms with Gasteiger partial charge in [-0.25, -0.2) is 4.79 Å². The summed E-state index contributed by atoms with van der Waals surface area (Å²) >= 11 is 0.